The summed E-state index contributed by atoms with van der Waals surface area (Å²) in [7, 11) is -4.94. The van der Waals surface area contributed by atoms with Crippen LogP contribution < -0.4 is 18.6 Å². The Hall–Kier alpha value is -1.25. The molecule has 21 heavy (non-hydrogen) atoms. The molecule has 0 saturated heterocycles. The van der Waals surface area contributed by atoms with Crippen LogP contribution in [-0.2, 0) is 0 Å². The van der Waals surface area contributed by atoms with Crippen LogP contribution in [0.1, 0.15) is 0 Å². The molecule has 2 aromatic carbocycles. The van der Waals surface area contributed by atoms with Gasteiger partial charge in [0.05, 0.1) is 5.56 Å². The van der Waals surface area contributed by atoms with Crippen molar-refractivity contribution in [2.75, 3.05) is 0 Å². The van der Waals surface area contributed by atoms with Crippen LogP contribution in [0.5, 0.6) is 0 Å². The number of halogens is 2. The van der Waals surface area contributed by atoms with Gasteiger partial charge in [0.25, 0.3) is 0 Å². The molecule has 0 spiro atoms. The van der Waals surface area contributed by atoms with Gasteiger partial charge in [-0.3, -0.25) is 0 Å². The van der Waals surface area contributed by atoms with E-state index in [9.17, 15) is 0 Å². The van der Waals surface area contributed by atoms with E-state index in [0.29, 0.717) is 0 Å². The van der Waals surface area contributed by atoms with Gasteiger partial charge >= 0.3 is 10.7 Å². The van der Waals surface area contributed by atoms with Crippen LogP contribution in [0.15, 0.2) is 52.9 Å². The summed E-state index contributed by atoms with van der Waals surface area (Å²) >= 11 is 7.59. The van der Waals surface area contributed by atoms with Gasteiger partial charge in [-0.2, -0.15) is 4.42 Å². The maximum Gasteiger partial charge on any atom is 0.418 e. The molecule has 0 bridgehead atoms. The van der Waals surface area contributed by atoms with Crippen molar-refractivity contribution in [1.29, 1.82) is 0 Å². The van der Waals surface area contributed by atoms with Gasteiger partial charge in [-0.25, -0.2) is 18.6 Å². The van der Waals surface area contributed by atoms with Gasteiger partial charge in [-0.15, -0.1) is 10.2 Å². The first-order valence-corrected chi connectivity index (χ1v) is 7.95. The van der Waals surface area contributed by atoms with Gasteiger partial charge in [0.1, 0.15) is 4.70 Å². The number of rotatable bonds is 1. The topological polar surface area (TPSA) is 104 Å². The monoisotopic (exact) mass is 346 g/mol. The molecular formula is C13H8Cl2O5S. The Labute approximate surface area is 131 Å². The van der Waals surface area contributed by atoms with Gasteiger partial charge in [0.15, 0.2) is 0 Å². The molecule has 0 aliphatic heterocycles. The Morgan fingerprint density at radius 2 is 1.62 bits per heavy atom. The SMILES string of the molecule is Clc1cccc(-c2[o+]c3ccccc3s2)c1.[O-][Cl+3]([O-])([O-])[O-]. The highest BCUT2D eigenvalue weighted by molar-refractivity contribution is 7.21. The van der Waals surface area contributed by atoms with E-state index in [1.54, 1.807) is 11.3 Å². The Morgan fingerprint density at radius 1 is 0.952 bits per heavy atom. The van der Waals surface area contributed by atoms with Gasteiger partial charge in [0.2, 0.25) is 0 Å². The molecule has 1 heterocycles. The van der Waals surface area contributed by atoms with Crippen LogP contribution in [0.2, 0.25) is 5.02 Å². The largest absolute Gasteiger partial charge is 0.418 e. The van der Waals surface area contributed by atoms with Crippen molar-refractivity contribution >= 4 is 33.2 Å². The molecule has 0 atom stereocenters. The third-order valence-corrected chi connectivity index (χ3v) is 3.61. The van der Waals surface area contributed by atoms with E-state index in [-0.39, 0.29) is 0 Å². The van der Waals surface area contributed by atoms with Gasteiger partial charge in [0, 0.05) is 11.1 Å². The van der Waals surface area contributed by atoms with E-state index < -0.39 is 10.2 Å². The Morgan fingerprint density at radius 3 is 2.24 bits per heavy atom. The highest BCUT2D eigenvalue weighted by Gasteiger charge is 2.19. The third-order valence-electron chi connectivity index (χ3n) is 2.31. The average Bonchev–Trinajstić information content (AvgIpc) is 2.80. The molecule has 0 fully saturated rings. The molecule has 8 heteroatoms. The molecule has 3 aromatic rings. The summed E-state index contributed by atoms with van der Waals surface area (Å²) in [5.41, 5.74) is 1.94. The van der Waals surface area contributed by atoms with Crippen molar-refractivity contribution in [2.24, 2.45) is 0 Å². The highest BCUT2D eigenvalue weighted by atomic mass is 35.7. The summed E-state index contributed by atoms with van der Waals surface area (Å²) in [6.45, 7) is 0. The lowest BCUT2D eigenvalue weighted by Crippen LogP contribution is -2.68. The third kappa shape index (κ3) is 5.22. The van der Waals surface area contributed by atoms with Crippen molar-refractivity contribution < 1.29 is 33.3 Å². The second-order valence-electron chi connectivity index (χ2n) is 3.83. The minimum absolute atomic E-state index is 0.727. The summed E-state index contributed by atoms with van der Waals surface area (Å²) in [5.74, 6) is 0. The summed E-state index contributed by atoms with van der Waals surface area (Å²) in [5, 5.41) is 1.62. The van der Waals surface area contributed by atoms with Crippen molar-refractivity contribution in [1.82, 2.24) is 0 Å². The summed E-state index contributed by atoms with van der Waals surface area (Å²) < 4.78 is 40.9. The smallest absolute Gasteiger partial charge is 0.222 e. The lowest BCUT2D eigenvalue weighted by molar-refractivity contribution is -2.00. The predicted octanol–water partition coefficient (Wildman–Crippen LogP) is 0.340. The maximum absolute atomic E-state index is 8.49. The molecular weight excluding hydrogens is 339 g/mol. The van der Waals surface area contributed by atoms with Crippen LogP contribution in [-0.4, -0.2) is 0 Å². The molecule has 0 aliphatic rings. The summed E-state index contributed by atoms with van der Waals surface area (Å²) in [6, 6.07) is 15.7. The average molecular weight is 347 g/mol. The fourth-order valence-electron chi connectivity index (χ4n) is 1.57. The maximum atomic E-state index is 8.49. The highest BCUT2D eigenvalue weighted by Crippen LogP contribution is 2.34. The quantitative estimate of drug-likeness (QED) is 0.591. The van der Waals surface area contributed by atoms with E-state index in [2.05, 4.69) is 6.07 Å². The van der Waals surface area contributed by atoms with Gasteiger partial charge in [-0.05, 0) is 35.6 Å². The Balaban J connectivity index is 0.000000282. The van der Waals surface area contributed by atoms with E-state index in [1.165, 1.54) is 0 Å². The van der Waals surface area contributed by atoms with Gasteiger partial charge in [-0.1, -0.05) is 29.8 Å². The van der Waals surface area contributed by atoms with E-state index >= 15 is 0 Å². The van der Waals surface area contributed by atoms with Crippen LogP contribution in [0.4, 0.5) is 0 Å². The molecule has 3 rings (SSSR count). The second kappa shape index (κ2) is 6.67. The molecule has 0 aliphatic carbocycles. The number of para-hydroxylation sites is 1. The lowest BCUT2D eigenvalue weighted by atomic mass is 10.2. The Bertz CT molecular complexity index is 700. The van der Waals surface area contributed by atoms with Crippen LogP contribution in [0, 0.1) is 10.2 Å². The zero-order valence-electron chi connectivity index (χ0n) is 10.3. The van der Waals surface area contributed by atoms with Crippen molar-refractivity contribution in [2.45, 2.75) is 0 Å². The summed E-state index contributed by atoms with van der Waals surface area (Å²) in [6.07, 6.45) is 0. The molecule has 0 N–H and O–H groups in total. The van der Waals surface area contributed by atoms with Crippen molar-refractivity contribution in [3.63, 3.8) is 0 Å². The molecule has 0 radical (unpaired) electrons. The fraction of sp³-hybridized carbons (Fsp3) is 0. The number of fused-ring (bicyclic) bond motifs is 1. The zero-order valence-corrected chi connectivity index (χ0v) is 12.7. The first-order valence-electron chi connectivity index (χ1n) is 5.52. The minimum atomic E-state index is -4.94. The fourth-order valence-corrected chi connectivity index (χ4v) is 2.70. The number of hydrogen-bond acceptors (Lipinski definition) is 5. The van der Waals surface area contributed by atoms with E-state index in [0.717, 1.165) is 25.9 Å². The predicted molar refractivity (Wildman–Crippen MR) is 68.9 cm³/mol. The molecule has 0 unspecified atom stereocenters. The minimum Gasteiger partial charge on any atom is -0.222 e. The normalized spacial score (nSPS) is 11.1. The standard InChI is InChI=1S/C13H8ClOS.ClHO4/c14-10-5-3-4-9(8-10)13-15-11-6-1-2-7-12(11)16-13;2-1(3,4)5/h1-8H;(H,2,3,4,5)/q+1;/p-1. The van der Waals surface area contributed by atoms with Gasteiger partial charge < -0.3 is 0 Å². The Kier molecular flexibility index (Phi) is 5.13. The van der Waals surface area contributed by atoms with Crippen molar-refractivity contribution in [3.8, 4) is 10.6 Å². The lowest BCUT2D eigenvalue weighted by Gasteiger charge is -2.17. The van der Waals surface area contributed by atoms with E-state index in [1.807, 2.05) is 42.5 Å². The first-order chi connectivity index (χ1) is 9.83. The van der Waals surface area contributed by atoms with Crippen LogP contribution >= 0.6 is 22.9 Å². The molecule has 0 amide bonds. The molecule has 1 aromatic heterocycles. The first kappa shape index (κ1) is 16.1. The van der Waals surface area contributed by atoms with Crippen molar-refractivity contribution in [3.05, 3.63) is 53.6 Å². The number of hydrogen-bond donors (Lipinski definition) is 0. The molecule has 110 valence electrons. The van der Waals surface area contributed by atoms with Crippen LogP contribution in [0.25, 0.3) is 20.9 Å². The van der Waals surface area contributed by atoms with E-state index in [4.69, 9.17) is 34.7 Å². The summed E-state index contributed by atoms with van der Waals surface area (Å²) in [4.78, 5) is 0. The zero-order chi connectivity index (χ0) is 15.5. The van der Waals surface area contributed by atoms with Crippen LogP contribution in [0.3, 0.4) is 0 Å². The second-order valence-corrected chi connectivity index (χ2v) is 6.03. The molecule has 5 nitrogen and oxygen atoms in total. The number of benzene rings is 2. The molecule has 0 saturated carbocycles.